The highest BCUT2D eigenvalue weighted by atomic mass is 31.2. The van der Waals surface area contributed by atoms with Crippen LogP contribution >= 0.6 is 7.82 Å². The molecule has 0 fully saturated rings. The monoisotopic (exact) mass is 1050 g/mol. The van der Waals surface area contributed by atoms with Crippen LogP contribution in [0.4, 0.5) is 0 Å². The van der Waals surface area contributed by atoms with Crippen molar-refractivity contribution in [2.45, 2.75) is 315 Å². The lowest BCUT2D eigenvalue weighted by Crippen LogP contribution is -2.47. The quantitative estimate of drug-likeness (QED) is 0.0161. The van der Waals surface area contributed by atoms with Crippen molar-refractivity contribution < 1.29 is 37.3 Å². The first kappa shape index (κ1) is 71.2. The highest BCUT2D eigenvalue weighted by Gasteiger charge is 2.27. The number of hydrogen-bond acceptors (Lipinski definition) is 7. The number of ether oxygens (including phenoxy) is 1. The smallest absolute Gasteiger partial charge is 0.306 e. The van der Waals surface area contributed by atoms with Crippen LogP contribution in [0.25, 0.3) is 0 Å². The number of rotatable bonds is 57. The number of nitrogens with one attached hydrogen (secondary N) is 1. The van der Waals surface area contributed by atoms with Gasteiger partial charge in [-0.25, -0.2) is 0 Å². The molecule has 1 amide bonds. The maximum absolute atomic E-state index is 13.5. The molecule has 73 heavy (non-hydrogen) atoms. The molecule has 430 valence electrons. The highest BCUT2D eigenvalue weighted by Crippen LogP contribution is 2.38. The maximum atomic E-state index is 13.5. The van der Waals surface area contributed by atoms with Crippen molar-refractivity contribution in [1.29, 1.82) is 0 Å². The van der Waals surface area contributed by atoms with E-state index in [4.69, 9.17) is 13.8 Å². The van der Waals surface area contributed by atoms with Crippen molar-refractivity contribution in [2.75, 3.05) is 40.9 Å². The molecule has 0 heterocycles. The van der Waals surface area contributed by atoms with Crippen LogP contribution in [0.2, 0.25) is 0 Å². The molecule has 0 aliphatic rings. The van der Waals surface area contributed by atoms with Crippen LogP contribution < -0.4 is 10.2 Å². The number of esters is 1. The summed E-state index contributed by atoms with van der Waals surface area (Å²) in [6.07, 6.45) is 64.0. The second kappa shape index (κ2) is 53.6. The molecule has 3 unspecified atom stereocenters. The molecule has 0 saturated carbocycles. The van der Waals surface area contributed by atoms with E-state index in [1.807, 2.05) is 33.3 Å². The fourth-order valence-corrected chi connectivity index (χ4v) is 9.94. The molecule has 9 nitrogen and oxygen atoms in total. The number of quaternary nitrogens is 1. The molecule has 0 aliphatic carbocycles. The van der Waals surface area contributed by atoms with Crippen LogP contribution in [0.5, 0.6) is 0 Å². The van der Waals surface area contributed by atoms with Crippen molar-refractivity contribution >= 4 is 19.7 Å². The summed E-state index contributed by atoms with van der Waals surface area (Å²) in [6.45, 7) is 6.83. The number of unbranched alkanes of at least 4 members (excludes halogenated alkanes) is 38. The molecular formula is C63H121N2O7P. The predicted octanol–water partition coefficient (Wildman–Crippen LogP) is 18.5. The fourth-order valence-electron chi connectivity index (χ4n) is 9.22. The van der Waals surface area contributed by atoms with Gasteiger partial charge in [-0.1, -0.05) is 269 Å². The van der Waals surface area contributed by atoms with Crippen LogP contribution in [0.1, 0.15) is 303 Å². The van der Waals surface area contributed by atoms with E-state index in [0.717, 1.165) is 77.0 Å². The Bertz CT molecular complexity index is 1350. The Morgan fingerprint density at radius 1 is 0.479 bits per heavy atom. The van der Waals surface area contributed by atoms with Crippen molar-refractivity contribution in [1.82, 2.24) is 5.32 Å². The summed E-state index contributed by atoms with van der Waals surface area (Å²) in [5.41, 5.74) is 0. The van der Waals surface area contributed by atoms with Gasteiger partial charge >= 0.3 is 5.97 Å². The Labute approximate surface area is 453 Å². The third-order valence-corrected chi connectivity index (χ3v) is 15.1. The topological polar surface area (TPSA) is 114 Å². The molecule has 10 heteroatoms. The number of allylic oxidation sites excluding steroid dienone is 5. The summed E-state index contributed by atoms with van der Waals surface area (Å²) in [7, 11) is 1.19. The molecule has 0 rings (SSSR count). The predicted molar refractivity (Wildman–Crippen MR) is 312 cm³/mol. The number of carbonyl (C=O) groups is 2. The summed E-state index contributed by atoms with van der Waals surface area (Å²) in [5.74, 6) is -0.542. The summed E-state index contributed by atoms with van der Waals surface area (Å²) in [5, 5.41) is 3.03. The fraction of sp³-hybridized carbons (Fsp3) is 0.873. The van der Waals surface area contributed by atoms with Gasteiger partial charge < -0.3 is 28.5 Å². The minimum absolute atomic E-state index is 0.0221. The lowest BCUT2D eigenvalue weighted by atomic mass is 10.0. The number of nitrogens with zero attached hydrogens (tertiary/aromatic N) is 1. The molecule has 3 atom stereocenters. The Hall–Kier alpha value is -1.77. The molecule has 0 aliphatic heterocycles. The molecule has 0 radical (unpaired) electrons. The number of hydrogen-bond donors (Lipinski definition) is 1. The van der Waals surface area contributed by atoms with Gasteiger partial charge in [0.25, 0.3) is 7.82 Å². The number of amides is 1. The van der Waals surface area contributed by atoms with Gasteiger partial charge in [-0.05, 0) is 57.4 Å². The average molecular weight is 1050 g/mol. The normalized spacial score (nSPS) is 13.9. The third kappa shape index (κ3) is 54.8. The van der Waals surface area contributed by atoms with Crippen molar-refractivity contribution in [3.8, 4) is 0 Å². The van der Waals surface area contributed by atoms with Crippen LogP contribution in [0, 0.1) is 0 Å². The highest BCUT2D eigenvalue weighted by molar-refractivity contribution is 7.45. The van der Waals surface area contributed by atoms with Gasteiger partial charge in [0, 0.05) is 12.8 Å². The van der Waals surface area contributed by atoms with Gasteiger partial charge in [0.1, 0.15) is 19.3 Å². The summed E-state index contributed by atoms with van der Waals surface area (Å²) in [4.78, 5) is 39.9. The summed E-state index contributed by atoms with van der Waals surface area (Å²) in [6, 6.07) is -0.888. The second-order valence-electron chi connectivity index (χ2n) is 22.6. The van der Waals surface area contributed by atoms with Gasteiger partial charge in [0.2, 0.25) is 5.91 Å². The van der Waals surface area contributed by atoms with E-state index in [-0.39, 0.29) is 31.5 Å². The molecule has 0 bridgehead atoms. The Morgan fingerprint density at radius 2 is 0.822 bits per heavy atom. The van der Waals surface area contributed by atoms with Gasteiger partial charge in [-0.2, -0.15) is 0 Å². The Morgan fingerprint density at radius 3 is 1.23 bits per heavy atom. The first-order valence-corrected chi connectivity index (χ1v) is 32.8. The number of likely N-dealkylation sites (N-methyl/N-ethyl adjacent to an activating group) is 1. The molecular weight excluding hydrogens is 928 g/mol. The lowest BCUT2D eigenvalue weighted by Gasteiger charge is -2.30. The molecule has 0 saturated heterocycles. The Kier molecular flexibility index (Phi) is 52.3. The standard InChI is InChI=1S/C63H121N2O7P/c1-7-10-13-16-19-22-25-27-29-30-31-32-33-34-36-37-40-43-46-49-52-55-62(66)64-60(59-71-73(68,69)70-58-57-65(4,5)6)61(54-51-48-45-42-39-24-21-18-15-12-9-3)72-63(67)56-53-50-47-44-41-38-35-28-26-23-20-17-14-11-8-2/h20,23,26,28,51,54,60-61H,7-19,21-22,24-25,27,29-50,52-53,55-59H2,1-6H3,(H-,64,66,68,69)/b23-20+,28-26+,54-51+. The summed E-state index contributed by atoms with van der Waals surface area (Å²) < 4.78 is 30.3. The van der Waals surface area contributed by atoms with E-state index >= 15 is 0 Å². The molecule has 0 spiro atoms. The van der Waals surface area contributed by atoms with Gasteiger partial charge in [0.05, 0.1) is 33.8 Å². The van der Waals surface area contributed by atoms with Crippen LogP contribution in [-0.4, -0.2) is 69.4 Å². The van der Waals surface area contributed by atoms with Crippen molar-refractivity contribution in [3.05, 3.63) is 36.5 Å². The van der Waals surface area contributed by atoms with E-state index in [0.29, 0.717) is 17.4 Å². The molecule has 0 aromatic rings. The number of carbonyl (C=O) groups excluding carboxylic acids is 2. The zero-order valence-corrected chi connectivity index (χ0v) is 50.0. The number of phosphoric acid groups is 1. The molecule has 1 N–H and O–H groups in total. The van der Waals surface area contributed by atoms with Crippen LogP contribution in [0.15, 0.2) is 36.5 Å². The summed E-state index contributed by atoms with van der Waals surface area (Å²) >= 11 is 0. The van der Waals surface area contributed by atoms with E-state index in [1.54, 1.807) is 0 Å². The maximum Gasteiger partial charge on any atom is 0.306 e. The van der Waals surface area contributed by atoms with Crippen LogP contribution in [0.3, 0.4) is 0 Å². The molecule has 0 aromatic carbocycles. The van der Waals surface area contributed by atoms with E-state index in [9.17, 15) is 19.0 Å². The Balaban J connectivity index is 5.16. The minimum Gasteiger partial charge on any atom is -0.756 e. The van der Waals surface area contributed by atoms with Gasteiger partial charge in [-0.3, -0.25) is 14.2 Å². The van der Waals surface area contributed by atoms with Crippen molar-refractivity contribution in [2.24, 2.45) is 0 Å². The SMILES string of the molecule is CCCCC/C=C/C=C/CCCCCCCCC(=O)OC(/C=C/CCCCCCCCCCC)C(COP(=O)([O-])OCC[N+](C)(C)C)NC(=O)CCCCCCCCCCCCCCCCCCCCCCC. The van der Waals surface area contributed by atoms with E-state index in [2.05, 4.69) is 50.4 Å². The van der Waals surface area contributed by atoms with Gasteiger partial charge in [0.15, 0.2) is 0 Å². The minimum atomic E-state index is -4.69. The third-order valence-electron chi connectivity index (χ3n) is 14.1. The zero-order chi connectivity index (χ0) is 53.6. The van der Waals surface area contributed by atoms with Gasteiger partial charge in [-0.15, -0.1) is 0 Å². The zero-order valence-electron chi connectivity index (χ0n) is 49.1. The largest absolute Gasteiger partial charge is 0.756 e. The first-order chi connectivity index (χ1) is 35.4. The first-order valence-electron chi connectivity index (χ1n) is 31.3. The molecule has 0 aromatic heterocycles. The second-order valence-corrected chi connectivity index (χ2v) is 24.0. The van der Waals surface area contributed by atoms with Crippen LogP contribution in [-0.2, 0) is 27.9 Å². The average Bonchev–Trinajstić information content (AvgIpc) is 3.35. The lowest BCUT2D eigenvalue weighted by molar-refractivity contribution is -0.870. The van der Waals surface area contributed by atoms with E-state index in [1.165, 1.54) is 193 Å². The van der Waals surface area contributed by atoms with Crippen molar-refractivity contribution in [3.63, 3.8) is 0 Å². The van der Waals surface area contributed by atoms with E-state index < -0.39 is 20.0 Å². The number of phosphoric ester groups is 1.